The Hall–Kier alpha value is -1.95. The van der Waals surface area contributed by atoms with Gasteiger partial charge in [0.05, 0.1) is 13.2 Å². The van der Waals surface area contributed by atoms with Gasteiger partial charge in [-0.2, -0.15) is 0 Å². The first-order valence-corrected chi connectivity index (χ1v) is 6.12. The molecule has 0 spiro atoms. The van der Waals surface area contributed by atoms with Crippen LogP contribution in [0.5, 0.6) is 6.01 Å². The first kappa shape index (κ1) is 13.5. The van der Waals surface area contributed by atoms with Crippen molar-refractivity contribution in [2.75, 3.05) is 7.11 Å². The molecule has 19 heavy (non-hydrogen) atoms. The Morgan fingerprint density at radius 2 is 2.21 bits per heavy atom. The summed E-state index contributed by atoms with van der Waals surface area (Å²) < 4.78 is 20.0. The van der Waals surface area contributed by atoms with E-state index in [4.69, 9.17) is 10.5 Å². The maximum atomic E-state index is 13.1. The van der Waals surface area contributed by atoms with E-state index in [0.29, 0.717) is 24.8 Å². The minimum Gasteiger partial charge on any atom is -0.467 e. The van der Waals surface area contributed by atoms with Crippen LogP contribution in [0, 0.1) is 5.82 Å². The van der Waals surface area contributed by atoms with Gasteiger partial charge in [0.2, 0.25) is 0 Å². The van der Waals surface area contributed by atoms with E-state index >= 15 is 0 Å². The highest BCUT2D eigenvalue weighted by Gasteiger charge is 2.18. The third kappa shape index (κ3) is 2.90. The van der Waals surface area contributed by atoms with Gasteiger partial charge in [-0.05, 0) is 31.0 Å². The molecule has 102 valence electrons. The van der Waals surface area contributed by atoms with E-state index in [1.807, 2.05) is 17.6 Å². The normalized spacial score (nSPS) is 12.4. The predicted molar refractivity (Wildman–Crippen MR) is 69.3 cm³/mol. The van der Waals surface area contributed by atoms with Gasteiger partial charge in [-0.15, -0.1) is 5.10 Å². The second kappa shape index (κ2) is 5.79. The maximum Gasteiger partial charge on any atom is 0.316 e. The van der Waals surface area contributed by atoms with Crippen molar-refractivity contribution in [2.24, 2.45) is 5.73 Å². The second-order valence-corrected chi connectivity index (χ2v) is 4.23. The highest BCUT2D eigenvalue weighted by atomic mass is 19.1. The van der Waals surface area contributed by atoms with Crippen LogP contribution in [0.1, 0.15) is 24.4 Å². The number of nitrogens with two attached hydrogens (primary N) is 1. The summed E-state index contributed by atoms with van der Waals surface area (Å²) in [5, 5.41) is 7.97. The lowest BCUT2D eigenvalue weighted by Gasteiger charge is -2.13. The molecule has 1 heterocycles. The molecule has 2 rings (SSSR count). The van der Waals surface area contributed by atoms with Gasteiger partial charge in [0.15, 0.2) is 5.82 Å². The molecule has 0 fully saturated rings. The average molecular weight is 264 g/mol. The fourth-order valence-corrected chi connectivity index (χ4v) is 2.03. The third-order valence-corrected chi connectivity index (χ3v) is 2.92. The molecule has 1 aromatic carbocycles. The molecule has 0 amide bonds. The van der Waals surface area contributed by atoms with E-state index in [0.717, 1.165) is 5.56 Å². The van der Waals surface area contributed by atoms with E-state index in [1.54, 1.807) is 6.07 Å². The molecule has 0 aliphatic rings. The molecule has 0 radical (unpaired) electrons. The van der Waals surface area contributed by atoms with Crippen molar-refractivity contribution in [3.05, 3.63) is 41.5 Å². The molecular formula is C13H17FN4O. The number of halogens is 1. The molecule has 0 aliphatic carbocycles. The van der Waals surface area contributed by atoms with Gasteiger partial charge in [-0.25, -0.2) is 4.39 Å². The summed E-state index contributed by atoms with van der Waals surface area (Å²) in [5.74, 6) is 0.378. The second-order valence-electron chi connectivity index (χ2n) is 4.23. The Morgan fingerprint density at radius 3 is 2.84 bits per heavy atom. The number of benzene rings is 1. The average Bonchev–Trinajstić information content (AvgIpc) is 2.81. The van der Waals surface area contributed by atoms with Crippen molar-refractivity contribution in [3.8, 4) is 6.01 Å². The van der Waals surface area contributed by atoms with Crippen LogP contribution in [0.15, 0.2) is 24.3 Å². The van der Waals surface area contributed by atoms with Gasteiger partial charge in [-0.3, -0.25) is 4.57 Å². The molecule has 0 aliphatic heterocycles. The Labute approximate surface area is 111 Å². The molecule has 1 aromatic heterocycles. The Morgan fingerprint density at radius 1 is 1.42 bits per heavy atom. The minimum atomic E-state index is -0.349. The fourth-order valence-electron chi connectivity index (χ4n) is 2.03. The van der Waals surface area contributed by atoms with Crippen LogP contribution in [0.4, 0.5) is 4.39 Å². The quantitative estimate of drug-likeness (QED) is 0.892. The standard InChI is InChI=1S/C13H17FN4O/c1-3-18-12(16-17-13(18)19-2)11(15)8-9-5-4-6-10(14)7-9/h4-7,11H,3,8,15H2,1-2H3/t11-/m1/s1. The van der Waals surface area contributed by atoms with Crippen LogP contribution in [0.2, 0.25) is 0 Å². The van der Waals surface area contributed by atoms with E-state index in [2.05, 4.69) is 10.2 Å². The van der Waals surface area contributed by atoms with Gasteiger partial charge in [-0.1, -0.05) is 17.2 Å². The zero-order valence-corrected chi connectivity index (χ0v) is 11.0. The fraction of sp³-hybridized carbons (Fsp3) is 0.385. The lowest BCUT2D eigenvalue weighted by Crippen LogP contribution is -2.19. The van der Waals surface area contributed by atoms with Crippen LogP contribution in [-0.2, 0) is 13.0 Å². The third-order valence-electron chi connectivity index (χ3n) is 2.92. The first-order chi connectivity index (χ1) is 9.15. The maximum absolute atomic E-state index is 13.1. The van der Waals surface area contributed by atoms with Gasteiger partial charge in [0.1, 0.15) is 5.82 Å². The number of aromatic nitrogens is 3. The summed E-state index contributed by atoms with van der Waals surface area (Å²) in [7, 11) is 1.54. The van der Waals surface area contributed by atoms with Crippen molar-refractivity contribution < 1.29 is 9.13 Å². The lowest BCUT2D eigenvalue weighted by molar-refractivity contribution is 0.354. The summed E-state index contributed by atoms with van der Waals surface area (Å²) >= 11 is 0. The van der Waals surface area contributed by atoms with Crippen LogP contribution in [0.3, 0.4) is 0 Å². The van der Waals surface area contributed by atoms with Crippen molar-refractivity contribution in [1.29, 1.82) is 0 Å². The highest BCUT2D eigenvalue weighted by Crippen LogP contribution is 2.19. The van der Waals surface area contributed by atoms with Crippen LogP contribution in [-0.4, -0.2) is 21.9 Å². The number of methoxy groups -OCH3 is 1. The zero-order valence-electron chi connectivity index (χ0n) is 11.0. The van der Waals surface area contributed by atoms with Crippen molar-refractivity contribution >= 4 is 0 Å². The first-order valence-electron chi connectivity index (χ1n) is 6.12. The number of nitrogens with zero attached hydrogens (tertiary/aromatic N) is 3. The predicted octanol–water partition coefficient (Wildman–Crippen LogP) is 1.69. The van der Waals surface area contributed by atoms with E-state index in [-0.39, 0.29) is 11.9 Å². The minimum absolute atomic E-state index is 0.265. The molecule has 1 atom stereocenters. The molecular weight excluding hydrogens is 247 g/mol. The summed E-state index contributed by atoms with van der Waals surface area (Å²) in [4.78, 5) is 0. The molecule has 2 aromatic rings. The van der Waals surface area contributed by atoms with E-state index in [9.17, 15) is 4.39 Å². The summed E-state index contributed by atoms with van der Waals surface area (Å²) in [6.07, 6.45) is 0.500. The summed E-state index contributed by atoms with van der Waals surface area (Å²) in [6, 6.07) is 6.48. The number of hydrogen-bond acceptors (Lipinski definition) is 4. The smallest absolute Gasteiger partial charge is 0.316 e. The van der Waals surface area contributed by atoms with Crippen molar-refractivity contribution in [3.63, 3.8) is 0 Å². The highest BCUT2D eigenvalue weighted by molar-refractivity contribution is 5.19. The summed E-state index contributed by atoms with van der Waals surface area (Å²) in [5.41, 5.74) is 6.95. The van der Waals surface area contributed by atoms with Crippen LogP contribution in [0.25, 0.3) is 0 Å². The lowest BCUT2D eigenvalue weighted by atomic mass is 10.1. The monoisotopic (exact) mass is 264 g/mol. The molecule has 0 bridgehead atoms. The Bertz CT molecular complexity index is 555. The largest absolute Gasteiger partial charge is 0.467 e. The number of hydrogen-bond donors (Lipinski definition) is 1. The van der Waals surface area contributed by atoms with E-state index < -0.39 is 0 Å². The number of rotatable bonds is 5. The SMILES string of the molecule is CCn1c(OC)nnc1[C@H](N)Cc1cccc(F)c1. The Balaban J connectivity index is 2.20. The van der Waals surface area contributed by atoms with Crippen molar-refractivity contribution in [2.45, 2.75) is 25.9 Å². The molecule has 0 unspecified atom stereocenters. The topological polar surface area (TPSA) is 66.0 Å². The van der Waals surface area contributed by atoms with Crippen LogP contribution >= 0.6 is 0 Å². The van der Waals surface area contributed by atoms with Gasteiger partial charge >= 0.3 is 6.01 Å². The van der Waals surface area contributed by atoms with Gasteiger partial charge in [0, 0.05) is 6.54 Å². The van der Waals surface area contributed by atoms with Gasteiger partial charge in [0.25, 0.3) is 0 Å². The van der Waals surface area contributed by atoms with E-state index in [1.165, 1.54) is 19.2 Å². The molecule has 0 saturated carbocycles. The Kier molecular flexibility index (Phi) is 4.11. The molecule has 0 saturated heterocycles. The zero-order chi connectivity index (χ0) is 13.8. The molecule has 5 nitrogen and oxygen atoms in total. The summed E-state index contributed by atoms with van der Waals surface area (Å²) in [6.45, 7) is 2.63. The van der Waals surface area contributed by atoms with Gasteiger partial charge < -0.3 is 10.5 Å². The molecule has 6 heteroatoms. The van der Waals surface area contributed by atoms with Crippen LogP contribution < -0.4 is 10.5 Å². The molecule has 2 N–H and O–H groups in total. The van der Waals surface area contributed by atoms with Crippen molar-refractivity contribution in [1.82, 2.24) is 14.8 Å². The number of ether oxygens (including phenoxy) is 1.